The van der Waals surface area contributed by atoms with Gasteiger partial charge in [-0.1, -0.05) is 13.8 Å². The molecule has 0 aromatic rings. The fourth-order valence-corrected chi connectivity index (χ4v) is 1.58. The zero-order valence-electron chi connectivity index (χ0n) is 7.77. The molecule has 0 radical (unpaired) electrons. The Morgan fingerprint density at radius 2 is 1.73 bits per heavy atom. The summed E-state index contributed by atoms with van der Waals surface area (Å²) in [6.07, 6.45) is 2.58. The summed E-state index contributed by atoms with van der Waals surface area (Å²) in [6.45, 7) is 9.49. The fraction of sp³-hybridized carbons (Fsp3) is 1.00. The first kappa shape index (κ1) is 9.01. The van der Waals surface area contributed by atoms with Crippen LogP contribution in [0.4, 0.5) is 0 Å². The minimum atomic E-state index is 0.842. The van der Waals surface area contributed by atoms with Gasteiger partial charge in [0.05, 0.1) is 0 Å². The van der Waals surface area contributed by atoms with Gasteiger partial charge in [-0.15, -0.1) is 0 Å². The van der Waals surface area contributed by atoms with Crippen LogP contribution in [0.5, 0.6) is 0 Å². The van der Waals surface area contributed by atoms with E-state index in [0.29, 0.717) is 0 Å². The Bertz CT molecular complexity index is 93.7. The number of hydrogen-bond acceptors (Lipinski definition) is 2. The summed E-state index contributed by atoms with van der Waals surface area (Å²) in [5.41, 5.74) is 0. The third-order valence-electron chi connectivity index (χ3n) is 2.30. The maximum atomic E-state index is 3.32. The van der Waals surface area contributed by atoms with E-state index in [1.165, 1.54) is 39.0 Å². The van der Waals surface area contributed by atoms with E-state index in [4.69, 9.17) is 0 Å². The summed E-state index contributed by atoms with van der Waals surface area (Å²) in [5, 5.41) is 3.32. The van der Waals surface area contributed by atoms with Gasteiger partial charge in [-0.25, -0.2) is 0 Å². The average molecular weight is 156 g/mol. The van der Waals surface area contributed by atoms with Crippen LogP contribution in [0.25, 0.3) is 0 Å². The summed E-state index contributed by atoms with van der Waals surface area (Å²) in [7, 11) is 0. The van der Waals surface area contributed by atoms with Gasteiger partial charge in [0.1, 0.15) is 0 Å². The lowest BCUT2D eigenvalue weighted by atomic mass is 10.1. The van der Waals surface area contributed by atoms with Gasteiger partial charge in [0.2, 0.25) is 0 Å². The van der Waals surface area contributed by atoms with Crippen LogP contribution >= 0.6 is 0 Å². The van der Waals surface area contributed by atoms with Crippen LogP contribution in [0.3, 0.4) is 0 Å². The van der Waals surface area contributed by atoms with E-state index in [-0.39, 0.29) is 0 Å². The van der Waals surface area contributed by atoms with Crippen molar-refractivity contribution in [2.24, 2.45) is 0 Å². The van der Waals surface area contributed by atoms with Gasteiger partial charge in [0.25, 0.3) is 0 Å². The summed E-state index contributed by atoms with van der Waals surface area (Å²) in [4.78, 5) is 2.61. The van der Waals surface area contributed by atoms with Crippen LogP contribution in [0, 0.1) is 0 Å². The maximum absolute atomic E-state index is 3.32. The summed E-state index contributed by atoms with van der Waals surface area (Å²) in [6, 6.07) is 0.842. The molecule has 1 aliphatic heterocycles. The highest BCUT2D eigenvalue weighted by Crippen LogP contribution is 2.06. The molecule has 1 aliphatic rings. The number of nitrogens with one attached hydrogen (secondary N) is 1. The second-order valence-electron chi connectivity index (χ2n) is 3.35. The topological polar surface area (TPSA) is 15.3 Å². The average Bonchev–Trinajstić information content (AvgIpc) is 1.85. The zero-order valence-corrected chi connectivity index (χ0v) is 7.77. The van der Waals surface area contributed by atoms with Gasteiger partial charge in [-0.05, 0) is 25.9 Å². The molecule has 0 unspecified atom stereocenters. The second kappa shape index (κ2) is 4.73. The molecule has 11 heavy (non-hydrogen) atoms. The molecule has 0 aromatic heterocycles. The van der Waals surface area contributed by atoms with Gasteiger partial charge in [0, 0.05) is 19.1 Å². The predicted molar refractivity (Wildman–Crippen MR) is 48.8 cm³/mol. The number of hydrogen-bond donors (Lipinski definition) is 1. The minimum absolute atomic E-state index is 0.842. The maximum Gasteiger partial charge on any atom is 0.0345 e. The molecule has 2 nitrogen and oxygen atoms in total. The van der Waals surface area contributed by atoms with E-state index >= 15 is 0 Å². The normalized spacial score (nSPS) is 18.8. The van der Waals surface area contributed by atoms with Gasteiger partial charge in [0.15, 0.2) is 0 Å². The van der Waals surface area contributed by atoms with Crippen LogP contribution in [0.1, 0.15) is 26.7 Å². The van der Waals surface area contributed by atoms with Crippen molar-refractivity contribution in [1.82, 2.24) is 10.2 Å². The van der Waals surface area contributed by atoms with Crippen LogP contribution in [-0.4, -0.2) is 37.1 Å². The van der Waals surface area contributed by atoms with Gasteiger partial charge < -0.3 is 5.32 Å². The zero-order chi connectivity index (χ0) is 8.10. The first-order chi connectivity index (χ1) is 5.38. The van der Waals surface area contributed by atoms with Crippen molar-refractivity contribution in [3.8, 4) is 0 Å². The van der Waals surface area contributed by atoms with E-state index in [2.05, 4.69) is 24.1 Å². The molecule has 2 heteroatoms. The second-order valence-corrected chi connectivity index (χ2v) is 3.35. The van der Waals surface area contributed by atoms with Crippen molar-refractivity contribution in [2.45, 2.75) is 32.7 Å². The minimum Gasteiger partial charge on any atom is -0.314 e. The first-order valence-electron chi connectivity index (χ1n) is 4.83. The van der Waals surface area contributed by atoms with E-state index in [0.717, 1.165) is 6.04 Å². The van der Waals surface area contributed by atoms with Gasteiger partial charge >= 0.3 is 0 Å². The van der Waals surface area contributed by atoms with E-state index < -0.39 is 0 Å². The van der Waals surface area contributed by atoms with Crippen molar-refractivity contribution in [2.75, 3.05) is 26.2 Å². The van der Waals surface area contributed by atoms with Crippen molar-refractivity contribution < 1.29 is 0 Å². The summed E-state index contributed by atoms with van der Waals surface area (Å²) in [5.74, 6) is 0. The van der Waals surface area contributed by atoms with Crippen LogP contribution < -0.4 is 5.32 Å². The predicted octanol–water partition coefficient (Wildman–Crippen LogP) is 1.08. The largest absolute Gasteiger partial charge is 0.314 e. The summed E-state index contributed by atoms with van der Waals surface area (Å²) < 4.78 is 0. The van der Waals surface area contributed by atoms with Crippen molar-refractivity contribution >= 4 is 0 Å². The molecule has 1 heterocycles. The first-order valence-corrected chi connectivity index (χ1v) is 4.83. The van der Waals surface area contributed by atoms with Crippen molar-refractivity contribution in [3.63, 3.8) is 0 Å². The third-order valence-corrected chi connectivity index (χ3v) is 2.30. The third kappa shape index (κ3) is 2.46. The monoisotopic (exact) mass is 156 g/mol. The molecule has 1 N–H and O–H groups in total. The Morgan fingerprint density at radius 1 is 1.18 bits per heavy atom. The SMILES string of the molecule is CCCN(CCC)C1CNC1. The van der Waals surface area contributed by atoms with Crippen molar-refractivity contribution in [3.05, 3.63) is 0 Å². The Balaban J connectivity index is 2.19. The highest BCUT2D eigenvalue weighted by atomic mass is 15.2. The Hall–Kier alpha value is -0.0800. The molecule has 0 aliphatic carbocycles. The molecule has 0 bridgehead atoms. The molecule has 0 spiro atoms. The van der Waals surface area contributed by atoms with E-state index in [9.17, 15) is 0 Å². The lowest BCUT2D eigenvalue weighted by Gasteiger charge is -2.38. The molecule has 0 atom stereocenters. The highest BCUT2D eigenvalue weighted by molar-refractivity contribution is 4.83. The lowest BCUT2D eigenvalue weighted by Crippen LogP contribution is -2.57. The molecule has 0 amide bonds. The molecular formula is C9H20N2. The Kier molecular flexibility index (Phi) is 3.87. The standard InChI is InChI=1S/C9H20N2/c1-3-5-11(6-4-2)9-7-10-8-9/h9-10H,3-8H2,1-2H3. The Morgan fingerprint density at radius 3 is 2.00 bits per heavy atom. The molecule has 66 valence electrons. The molecule has 0 saturated carbocycles. The van der Waals surface area contributed by atoms with E-state index in [1.54, 1.807) is 0 Å². The number of nitrogens with zero attached hydrogens (tertiary/aromatic N) is 1. The quantitative estimate of drug-likeness (QED) is 0.641. The van der Waals surface area contributed by atoms with Gasteiger partial charge in [-0.2, -0.15) is 0 Å². The van der Waals surface area contributed by atoms with E-state index in [1.807, 2.05) is 0 Å². The summed E-state index contributed by atoms with van der Waals surface area (Å²) >= 11 is 0. The van der Waals surface area contributed by atoms with Crippen LogP contribution in [0.2, 0.25) is 0 Å². The van der Waals surface area contributed by atoms with Crippen molar-refractivity contribution in [1.29, 1.82) is 0 Å². The molecule has 1 rings (SSSR count). The molecule has 1 saturated heterocycles. The van der Waals surface area contributed by atoms with Crippen LogP contribution in [0.15, 0.2) is 0 Å². The number of rotatable bonds is 5. The molecule has 1 fully saturated rings. The fourth-order valence-electron chi connectivity index (χ4n) is 1.58. The molecular weight excluding hydrogens is 136 g/mol. The van der Waals surface area contributed by atoms with Gasteiger partial charge in [-0.3, -0.25) is 4.90 Å². The smallest absolute Gasteiger partial charge is 0.0345 e. The highest BCUT2D eigenvalue weighted by Gasteiger charge is 2.22. The van der Waals surface area contributed by atoms with Crippen LogP contribution in [-0.2, 0) is 0 Å². The molecule has 0 aromatic carbocycles. The Labute approximate surface area is 70.0 Å². The lowest BCUT2D eigenvalue weighted by molar-refractivity contribution is 0.146.